The quantitative estimate of drug-likeness (QED) is 0.547. The van der Waals surface area contributed by atoms with Crippen LogP contribution in [0.3, 0.4) is 0 Å². The van der Waals surface area contributed by atoms with Gasteiger partial charge in [0.2, 0.25) is 0 Å². The molecule has 0 aliphatic rings. The minimum atomic E-state index is 0.572. The molecule has 3 nitrogen and oxygen atoms in total. The zero-order chi connectivity index (χ0) is 16.8. The van der Waals surface area contributed by atoms with Gasteiger partial charge in [0.05, 0.1) is 0 Å². The Hall–Kier alpha value is -2.85. The van der Waals surface area contributed by atoms with Gasteiger partial charge in [-0.25, -0.2) is 0 Å². The molecule has 3 aromatic rings. The summed E-state index contributed by atoms with van der Waals surface area (Å²) in [7, 11) is 0. The highest BCUT2D eigenvalue weighted by molar-refractivity contribution is 7.80. The second kappa shape index (κ2) is 7.62. The molecule has 0 aliphatic heterocycles. The van der Waals surface area contributed by atoms with E-state index in [1.54, 1.807) is 0 Å². The van der Waals surface area contributed by atoms with Crippen molar-refractivity contribution in [2.45, 2.75) is 6.92 Å². The molecule has 0 fully saturated rings. The van der Waals surface area contributed by atoms with Crippen LogP contribution >= 0.6 is 12.2 Å². The number of para-hydroxylation sites is 1. The molecule has 0 amide bonds. The van der Waals surface area contributed by atoms with E-state index in [1.807, 2.05) is 66.7 Å². The smallest absolute Gasteiger partial charge is 0.175 e. The molecule has 0 unspecified atom stereocenters. The molecule has 0 saturated heterocycles. The van der Waals surface area contributed by atoms with Crippen LogP contribution in [0, 0.1) is 6.92 Å². The molecule has 0 aliphatic carbocycles. The molecular weight excluding hydrogens is 314 g/mol. The Bertz CT molecular complexity index is 797. The number of hydrogen-bond donors (Lipinski definition) is 3. The Kier molecular flexibility index (Phi) is 5.08. The summed E-state index contributed by atoms with van der Waals surface area (Å²) < 4.78 is 0. The van der Waals surface area contributed by atoms with E-state index >= 15 is 0 Å². The van der Waals surface area contributed by atoms with E-state index in [4.69, 9.17) is 12.2 Å². The van der Waals surface area contributed by atoms with E-state index in [-0.39, 0.29) is 0 Å². The van der Waals surface area contributed by atoms with Gasteiger partial charge in [0, 0.05) is 22.7 Å². The Balaban J connectivity index is 1.57. The van der Waals surface area contributed by atoms with E-state index < -0.39 is 0 Å². The van der Waals surface area contributed by atoms with Gasteiger partial charge >= 0.3 is 0 Å². The maximum Gasteiger partial charge on any atom is 0.175 e. The first-order valence-electron chi connectivity index (χ1n) is 7.76. The Morgan fingerprint density at radius 1 is 0.625 bits per heavy atom. The van der Waals surface area contributed by atoms with Crippen molar-refractivity contribution in [2.75, 3.05) is 16.0 Å². The first kappa shape index (κ1) is 16.0. The first-order chi connectivity index (χ1) is 11.7. The molecule has 3 N–H and O–H groups in total. The van der Waals surface area contributed by atoms with Crippen LogP contribution in [0.15, 0.2) is 78.9 Å². The van der Waals surface area contributed by atoms with Crippen LogP contribution in [-0.4, -0.2) is 5.11 Å². The summed E-state index contributed by atoms with van der Waals surface area (Å²) in [4.78, 5) is 0. The van der Waals surface area contributed by atoms with Gasteiger partial charge in [-0.3, -0.25) is 0 Å². The van der Waals surface area contributed by atoms with Crippen molar-refractivity contribution in [3.8, 4) is 0 Å². The SMILES string of the molecule is Cc1ccc(NC(=S)Nc2ccc(Nc3ccccc3)cc2)cc1. The third-order valence-electron chi connectivity index (χ3n) is 3.51. The number of anilines is 4. The molecule has 0 saturated carbocycles. The zero-order valence-corrected chi connectivity index (χ0v) is 14.2. The van der Waals surface area contributed by atoms with Crippen LogP contribution in [0.4, 0.5) is 22.7 Å². The third kappa shape index (κ3) is 4.57. The van der Waals surface area contributed by atoms with Gasteiger partial charge in [-0.1, -0.05) is 35.9 Å². The summed E-state index contributed by atoms with van der Waals surface area (Å²) in [5.41, 5.74) is 5.23. The van der Waals surface area contributed by atoms with Crippen molar-refractivity contribution < 1.29 is 0 Å². The lowest BCUT2D eigenvalue weighted by molar-refractivity contribution is 1.47. The fraction of sp³-hybridized carbons (Fsp3) is 0.0500. The number of thiocarbonyl (C=S) groups is 1. The van der Waals surface area contributed by atoms with Crippen molar-refractivity contribution in [1.82, 2.24) is 0 Å². The number of hydrogen-bond acceptors (Lipinski definition) is 2. The molecule has 4 heteroatoms. The topological polar surface area (TPSA) is 36.1 Å². The molecule has 0 bridgehead atoms. The van der Waals surface area contributed by atoms with Crippen LogP contribution in [0.5, 0.6) is 0 Å². The number of nitrogens with one attached hydrogen (secondary N) is 3. The molecular formula is C20H19N3S. The molecule has 0 spiro atoms. The highest BCUT2D eigenvalue weighted by atomic mass is 32.1. The van der Waals surface area contributed by atoms with Crippen LogP contribution in [0.25, 0.3) is 0 Å². The molecule has 24 heavy (non-hydrogen) atoms. The zero-order valence-electron chi connectivity index (χ0n) is 13.4. The van der Waals surface area contributed by atoms with Gasteiger partial charge in [0.1, 0.15) is 0 Å². The summed E-state index contributed by atoms with van der Waals surface area (Å²) in [6.45, 7) is 2.06. The number of benzene rings is 3. The minimum Gasteiger partial charge on any atom is -0.356 e. The van der Waals surface area contributed by atoms with Crippen LogP contribution < -0.4 is 16.0 Å². The fourth-order valence-corrected chi connectivity index (χ4v) is 2.49. The fourth-order valence-electron chi connectivity index (χ4n) is 2.26. The normalized spacial score (nSPS) is 10.0. The molecule has 0 atom stereocenters. The van der Waals surface area contributed by atoms with Gasteiger partial charge in [0.15, 0.2) is 5.11 Å². The van der Waals surface area contributed by atoms with Gasteiger partial charge in [-0.05, 0) is 67.7 Å². The van der Waals surface area contributed by atoms with Crippen molar-refractivity contribution in [3.63, 3.8) is 0 Å². The van der Waals surface area contributed by atoms with Crippen molar-refractivity contribution >= 4 is 40.1 Å². The van der Waals surface area contributed by atoms with Crippen molar-refractivity contribution in [1.29, 1.82) is 0 Å². The van der Waals surface area contributed by atoms with Crippen LogP contribution in [-0.2, 0) is 0 Å². The van der Waals surface area contributed by atoms with Gasteiger partial charge in [-0.15, -0.1) is 0 Å². The maximum atomic E-state index is 5.35. The summed E-state index contributed by atoms with van der Waals surface area (Å²) >= 11 is 5.35. The van der Waals surface area contributed by atoms with Crippen molar-refractivity contribution in [2.24, 2.45) is 0 Å². The predicted molar refractivity (Wildman–Crippen MR) is 107 cm³/mol. The van der Waals surface area contributed by atoms with Crippen LogP contribution in [0.2, 0.25) is 0 Å². The summed E-state index contributed by atoms with van der Waals surface area (Å²) in [5, 5.41) is 10.3. The minimum absolute atomic E-state index is 0.572. The highest BCUT2D eigenvalue weighted by Gasteiger charge is 2.00. The van der Waals surface area contributed by atoms with Gasteiger partial charge in [-0.2, -0.15) is 0 Å². The van der Waals surface area contributed by atoms with E-state index in [2.05, 4.69) is 35.0 Å². The molecule has 120 valence electrons. The Labute approximate surface area is 147 Å². The molecule has 3 aromatic carbocycles. The number of aryl methyl sites for hydroxylation is 1. The summed E-state index contributed by atoms with van der Waals surface area (Å²) in [6.07, 6.45) is 0. The first-order valence-corrected chi connectivity index (χ1v) is 8.17. The molecule has 0 aromatic heterocycles. The second-order valence-corrected chi connectivity index (χ2v) is 5.92. The van der Waals surface area contributed by atoms with Crippen molar-refractivity contribution in [3.05, 3.63) is 84.4 Å². The second-order valence-electron chi connectivity index (χ2n) is 5.51. The predicted octanol–water partition coefficient (Wildman–Crippen LogP) is 5.55. The standard InChI is InChI=1S/C20H19N3S/c1-15-7-9-18(10-8-15)22-20(24)23-19-13-11-17(12-14-19)21-16-5-3-2-4-6-16/h2-14,21H,1H3,(H2,22,23,24). The van der Waals surface area contributed by atoms with E-state index in [1.165, 1.54) is 5.56 Å². The monoisotopic (exact) mass is 333 g/mol. The summed E-state index contributed by atoms with van der Waals surface area (Å²) in [6, 6.07) is 26.2. The summed E-state index contributed by atoms with van der Waals surface area (Å²) in [5.74, 6) is 0. The average Bonchev–Trinajstić information content (AvgIpc) is 2.60. The highest BCUT2D eigenvalue weighted by Crippen LogP contribution is 2.19. The third-order valence-corrected chi connectivity index (χ3v) is 3.72. The maximum absolute atomic E-state index is 5.35. The Morgan fingerprint density at radius 2 is 1.08 bits per heavy atom. The number of rotatable bonds is 4. The van der Waals surface area contributed by atoms with Gasteiger partial charge < -0.3 is 16.0 Å². The lowest BCUT2D eigenvalue weighted by Gasteiger charge is -2.12. The average molecular weight is 333 g/mol. The van der Waals surface area contributed by atoms with E-state index in [9.17, 15) is 0 Å². The Morgan fingerprint density at radius 3 is 1.67 bits per heavy atom. The lowest BCUT2D eigenvalue weighted by Crippen LogP contribution is -2.18. The molecule has 0 radical (unpaired) electrons. The van der Waals surface area contributed by atoms with Crippen LogP contribution in [0.1, 0.15) is 5.56 Å². The van der Waals surface area contributed by atoms with Gasteiger partial charge in [0.25, 0.3) is 0 Å². The van der Waals surface area contributed by atoms with E-state index in [0.29, 0.717) is 5.11 Å². The lowest BCUT2D eigenvalue weighted by atomic mass is 10.2. The molecule has 3 rings (SSSR count). The van der Waals surface area contributed by atoms with E-state index in [0.717, 1.165) is 22.7 Å². The largest absolute Gasteiger partial charge is 0.356 e. The molecule has 0 heterocycles.